The van der Waals surface area contributed by atoms with E-state index in [1.165, 1.54) is 0 Å². The van der Waals surface area contributed by atoms with Crippen LogP contribution in [0.15, 0.2) is 24.5 Å². The van der Waals surface area contributed by atoms with Crippen molar-refractivity contribution < 1.29 is 9.53 Å². The Morgan fingerprint density at radius 1 is 1.37 bits per heavy atom. The Morgan fingerprint density at radius 2 is 2.22 bits per heavy atom. The molecule has 1 aromatic carbocycles. The van der Waals surface area contributed by atoms with Crippen LogP contribution in [0.3, 0.4) is 0 Å². The smallest absolute Gasteiger partial charge is 0.271 e. The first-order valence-electron chi connectivity index (χ1n) is 8.69. The highest BCUT2D eigenvalue weighted by atomic mass is 35.5. The van der Waals surface area contributed by atoms with E-state index in [1.807, 2.05) is 34.3 Å². The topological polar surface area (TPSA) is 86.9 Å². The van der Waals surface area contributed by atoms with Crippen molar-refractivity contribution in [2.45, 2.75) is 26.5 Å². The second-order valence-electron chi connectivity index (χ2n) is 6.29. The molecule has 0 bridgehead atoms. The number of methoxy groups -OCH3 is 1. The van der Waals surface area contributed by atoms with E-state index in [1.54, 1.807) is 13.4 Å². The van der Waals surface area contributed by atoms with Gasteiger partial charge in [0.05, 0.1) is 17.9 Å². The van der Waals surface area contributed by atoms with Crippen molar-refractivity contribution in [2.75, 3.05) is 13.7 Å². The lowest BCUT2D eigenvalue weighted by Gasteiger charge is -2.10. The van der Waals surface area contributed by atoms with Crippen LogP contribution in [-0.2, 0) is 17.9 Å². The van der Waals surface area contributed by atoms with Gasteiger partial charge in [-0.25, -0.2) is 4.98 Å². The van der Waals surface area contributed by atoms with Gasteiger partial charge in [-0.15, -0.1) is 10.2 Å². The van der Waals surface area contributed by atoms with Gasteiger partial charge in [-0.05, 0) is 24.6 Å². The lowest BCUT2D eigenvalue weighted by molar-refractivity contribution is 0.0948. The van der Waals surface area contributed by atoms with Crippen molar-refractivity contribution in [1.29, 1.82) is 0 Å². The monoisotopic (exact) mass is 386 g/mol. The van der Waals surface area contributed by atoms with Crippen LogP contribution in [0.2, 0.25) is 5.02 Å². The Bertz CT molecular complexity index is 1010. The Hall–Kier alpha value is -2.71. The lowest BCUT2D eigenvalue weighted by Crippen LogP contribution is -2.26. The van der Waals surface area contributed by atoms with Crippen molar-refractivity contribution in [3.63, 3.8) is 0 Å². The predicted molar refractivity (Wildman–Crippen MR) is 100 cm³/mol. The zero-order valence-corrected chi connectivity index (χ0v) is 15.8. The second kappa shape index (κ2) is 7.13. The molecular formula is C18H19ClN6O2. The van der Waals surface area contributed by atoms with Crippen LogP contribution >= 0.6 is 11.6 Å². The number of nitrogens with one attached hydrogen (secondary N) is 1. The van der Waals surface area contributed by atoms with E-state index in [4.69, 9.17) is 16.3 Å². The highest BCUT2D eigenvalue weighted by Gasteiger charge is 2.27. The third-order valence-electron chi connectivity index (χ3n) is 4.48. The molecule has 1 aliphatic rings. The molecule has 0 saturated carbocycles. The summed E-state index contributed by atoms with van der Waals surface area (Å²) in [6, 6.07) is 5.56. The van der Waals surface area contributed by atoms with Crippen LogP contribution in [0.5, 0.6) is 0 Å². The summed E-state index contributed by atoms with van der Waals surface area (Å²) in [6.07, 6.45) is 2.52. The number of amides is 1. The molecule has 0 radical (unpaired) electrons. The number of halogens is 1. The van der Waals surface area contributed by atoms with Crippen LogP contribution in [0.1, 0.15) is 35.4 Å². The number of nitrogens with zero attached hydrogens (tertiary/aromatic N) is 5. The molecule has 140 valence electrons. The van der Waals surface area contributed by atoms with E-state index in [0.717, 1.165) is 23.4 Å². The molecule has 3 aromatic rings. The molecule has 0 spiro atoms. The Kier molecular flexibility index (Phi) is 4.67. The minimum absolute atomic E-state index is 0.189. The highest BCUT2D eigenvalue weighted by Crippen LogP contribution is 2.34. The molecule has 0 atom stereocenters. The molecule has 9 heteroatoms. The first kappa shape index (κ1) is 17.7. The Balaban J connectivity index is 1.91. The summed E-state index contributed by atoms with van der Waals surface area (Å²) in [5, 5.41) is 12.1. The molecule has 27 heavy (non-hydrogen) atoms. The number of carbonyl (C=O) groups is 1. The maximum atomic E-state index is 12.6. The zero-order chi connectivity index (χ0) is 19.0. The number of imidazole rings is 1. The van der Waals surface area contributed by atoms with Gasteiger partial charge in [0.25, 0.3) is 5.91 Å². The van der Waals surface area contributed by atoms with E-state index in [-0.39, 0.29) is 5.91 Å². The largest absolute Gasteiger partial charge is 0.377 e. The van der Waals surface area contributed by atoms with E-state index in [0.29, 0.717) is 42.1 Å². The summed E-state index contributed by atoms with van der Waals surface area (Å²) in [6.45, 7) is 3.33. The summed E-state index contributed by atoms with van der Waals surface area (Å²) < 4.78 is 9.11. The number of carbonyl (C=O) groups excluding carboxylic acids is 1. The van der Waals surface area contributed by atoms with Crippen molar-refractivity contribution >= 4 is 17.5 Å². The number of hydrogen-bond acceptors (Lipinski definition) is 5. The van der Waals surface area contributed by atoms with Crippen LogP contribution in [-0.4, -0.2) is 43.9 Å². The number of aromatic nitrogens is 5. The van der Waals surface area contributed by atoms with Gasteiger partial charge in [-0.2, -0.15) is 0 Å². The van der Waals surface area contributed by atoms with Gasteiger partial charge in [0.15, 0.2) is 17.3 Å². The van der Waals surface area contributed by atoms with Gasteiger partial charge in [0, 0.05) is 24.2 Å². The molecule has 0 saturated heterocycles. The molecule has 1 amide bonds. The van der Waals surface area contributed by atoms with Crippen LogP contribution in [0.4, 0.5) is 0 Å². The highest BCUT2D eigenvalue weighted by molar-refractivity contribution is 6.31. The second-order valence-corrected chi connectivity index (χ2v) is 6.72. The van der Waals surface area contributed by atoms with E-state index < -0.39 is 0 Å². The fraction of sp³-hybridized carbons (Fsp3) is 0.333. The molecule has 1 aliphatic heterocycles. The molecule has 1 N–H and O–H groups in total. The van der Waals surface area contributed by atoms with E-state index in [2.05, 4.69) is 20.5 Å². The van der Waals surface area contributed by atoms with Gasteiger partial charge in [0.1, 0.15) is 12.9 Å². The molecule has 0 unspecified atom stereocenters. The molecular weight excluding hydrogens is 368 g/mol. The zero-order valence-electron chi connectivity index (χ0n) is 15.1. The lowest BCUT2D eigenvalue weighted by atomic mass is 10.1. The number of fused-ring (bicyclic) bond motifs is 5. The fourth-order valence-corrected chi connectivity index (χ4v) is 3.40. The molecule has 0 aliphatic carbocycles. The standard InChI is InChI=1S/C18H19ClN6O2/c1-3-6-20-18(26)16-14-8-24-15(9-27-2)22-23-17(24)12-7-11(19)4-5-13(12)25(14)10-21-16/h4-5,7,10H,3,6,8-9H2,1-2H3,(H,20,26). The summed E-state index contributed by atoms with van der Waals surface area (Å²) in [4.78, 5) is 17.0. The maximum absolute atomic E-state index is 12.6. The first-order chi connectivity index (χ1) is 13.1. The van der Waals surface area contributed by atoms with E-state index in [9.17, 15) is 4.79 Å². The third-order valence-corrected chi connectivity index (χ3v) is 4.72. The molecule has 2 aromatic heterocycles. The van der Waals surface area contributed by atoms with Crippen LogP contribution in [0.25, 0.3) is 17.1 Å². The number of benzene rings is 1. The van der Waals surface area contributed by atoms with E-state index >= 15 is 0 Å². The van der Waals surface area contributed by atoms with Crippen molar-refractivity contribution in [1.82, 2.24) is 29.6 Å². The normalized spacial score (nSPS) is 12.1. The average Bonchev–Trinajstić information content (AvgIpc) is 3.22. The maximum Gasteiger partial charge on any atom is 0.271 e. The third kappa shape index (κ3) is 3.00. The van der Waals surface area contributed by atoms with Crippen molar-refractivity contribution in [2.24, 2.45) is 0 Å². The Morgan fingerprint density at radius 3 is 3.00 bits per heavy atom. The van der Waals surface area contributed by atoms with Gasteiger partial charge >= 0.3 is 0 Å². The quantitative estimate of drug-likeness (QED) is 0.569. The molecule has 8 nitrogen and oxygen atoms in total. The van der Waals surface area contributed by atoms with Crippen LogP contribution in [0, 0.1) is 0 Å². The molecule has 4 rings (SSSR count). The van der Waals surface area contributed by atoms with Crippen molar-refractivity contribution in [3.8, 4) is 17.1 Å². The molecule has 0 fully saturated rings. The fourth-order valence-electron chi connectivity index (χ4n) is 3.23. The summed E-state index contributed by atoms with van der Waals surface area (Å²) in [7, 11) is 1.61. The van der Waals surface area contributed by atoms with Gasteiger partial charge in [-0.3, -0.25) is 9.36 Å². The number of hydrogen-bond donors (Lipinski definition) is 1. The summed E-state index contributed by atoms with van der Waals surface area (Å²) >= 11 is 6.23. The minimum Gasteiger partial charge on any atom is -0.377 e. The Labute approximate surface area is 161 Å². The number of rotatable bonds is 5. The van der Waals surface area contributed by atoms with Crippen molar-refractivity contribution in [3.05, 3.63) is 46.8 Å². The summed E-state index contributed by atoms with van der Waals surface area (Å²) in [5.41, 5.74) is 2.85. The van der Waals surface area contributed by atoms with Crippen LogP contribution < -0.4 is 5.32 Å². The first-order valence-corrected chi connectivity index (χ1v) is 9.07. The average molecular weight is 387 g/mol. The van der Waals surface area contributed by atoms with Gasteiger partial charge in [-0.1, -0.05) is 18.5 Å². The summed E-state index contributed by atoms with van der Waals surface area (Å²) in [5.74, 6) is 1.17. The van der Waals surface area contributed by atoms with Gasteiger partial charge < -0.3 is 14.6 Å². The number of ether oxygens (including phenoxy) is 1. The minimum atomic E-state index is -0.189. The van der Waals surface area contributed by atoms with Gasteiger partial charge in [0.2, 0.25) is 0 Å². The SMILES string of the molecule is CCCNC(=O)c1ncn2c1Cn1c(COC)nnc1-c1cc(Cl)ccc1-2. The predicted octanol–water partition coefficient (Wildman–Crippen LogP) is 2.43. The molecule has 3 heterocycles.